The molecule has 23 heavy (non-hydrogen) atoms. The third kappa shape index (κ3) is 2.74. The van der Waals surface area contributed by atoms with Crippen molar-refractivity contribution >= 4 is 38.3 Å². The first-order valence-corrected chi connectivity index (χ1v) is 8.52. The average Bonchev–Trinajstić information content (AvgIpc) is 3.32. The number of thiazole rings is 1. The van der Waals surface area contributed by atoms with Crippen LogP contribution in [0.1, 0.15) is 12.8 Å². The van der Waals surface area contributed by atoms with Crippen LogP contribution >= 0.6 is 11.3 Å². The summed E-state index contributed by atoms with van der Waals surface area (Å²) in [5.74, 6) is 0.564. The fourth-order valence-electron chi connectivity index (χ4n) is 2.86. The van der Waals surface area contributed by atoms with Crippen molar-refractivity contribution in [1.82, 2.24) is 9.88 Å². The van der Waals surface area contributed by atoms with Gasteiger partial charge in [-0.1, -0.05) is 11.3 Å². The Morgan fingerprint density at radius 2 is 2.00 bits per heavy atom. The van der Waals surface area contributed by atoms with Gasteiger partial charge in [-0.05, 0) is 18.9 Å². The Hall–Kier alpha value is -2.22. The van der Waals surface area contributed by atoms with E-state index in [1.54, 1.807) is 12.1 Å². The second-order valence-electron chi connectivity index (χ2n) is 5.99. The van der Waals surface area contributed by atoms with Crippen molar-refractivity contribution in [3.63, 3.8) is 0 Å². The van der Waals surface area contributed by atoms with Crippen molar-refractivity contribution in [3.8, 4) is 0 Å². The van der Waals surface area contributed by atoms with Crippen molar-refractivity contribution in [2.24, 2.45) is 5.92 Å². The van der Waals surface area contributed by atoms with E-state index < -0.39 is 0 Å². The second-order valence-corrected chi connectivity index (χ2v) is 7.00. The van der Waals surface area contributed by atoms with Gasteiger partial charge in [-0.2, -0.15) is 0 Å². The van der Waals surface area contributed by atoms with Gasteiger partial charge in [0.15, 0.2) is 5.13 Å². The number of nitro groups is 1. The zero-order valence-corrected chi connectivity index (χ0v) is 13.3. The molecule has 1 aliphatic carbocycles. The van der Waals surface area contributed by atoms with Gasteiger partial charge in [0.05, 0.1) is 15.1 Å². The molecule has 0 radical (unpaired) electrons. The van der Waals surface area contributed by atoms with Gasteiger partial charge in [0, 0.05) is 44.2 Å². The van der Waals surface area contributed by atoms with E-state index in [0.29, 0.717) is 5.91 Å². The zero-order valence-electron chi connectivity index (χ0n) is 12.5. The lowest BCUT2D eigenvalue weighted by atomic mass is 10.3. The van der Waals surface area contributed by atoms with Crippen LogP contribution in [0.3, 0.4) is 0 Å². The summed E-state index contributed by atoms with van der Waals surface area (Å²) in [5.41, 5.74) is 0.875. The summed E-state index contributed by atoms with van der Waals surface area (Å²) in [6, 6.07) is 4.75. The molecule has 0 N–H and O–H groups in total. The van der Waals surface area contributed by atoms with Crippen LogP contribution in [0.2, 0.25) is 0 Å². The Balaban J connectivity index is 1.49. The van der Waals surface area contributed by atoms with Crippen LogP contribution < -0.4 is 4.90 Å². The van der Waals surface area contributed by atoms with E-state index in [4.69, 9.17) is 0 Å². The maximum absolute atomic E-state index is 12.1. The predicted octanol–water partition coefficient (Wildman–Crippen LogP) is 2.26. The van der Waals surface area contributed by atoms with E-state index in [-0.39, 0.29) is 16.5 Å². The predicted molar refractivity (Wildman–Crippen MR) is 87.8 cm³/mol. The summed E-state index contributed by atoms with van der Waals surface area (Å²) in [6.45, 7) is 2.98. The molecule has 1 aliphatic heterocycles. The van der Waals surface area contributed by atoms with Gasteiger partial charge in [-0.15, -0.1) is 0 Å². The molecule has 2 fully saturated rings. The number of rotatable bonds is 3. The average molecular weight is 332 g/mol. The Bertz CT molecular complexity index is 778. The molecule has 120 valence electrons. The largest absolute Gasteiger partial charge is 0.345 e. The summed E-state index contributed by atoms with van der Waals surface area (Å²) in [5, 5.41) is 11.7. The molecule has 1 saturated carbocycles. The van der Waals surface area contributed by atoms with Crippen molar-refractivity contribution in [2.45, 2.75) is 12.8 Å². The number of nitrogens with zero attached hydrogens (tertiary/aromatic N) is 4. The summed E-state index contributed by atoms with van der Waals surface area (Å²) in [6.07, 6.45) is 2.07. The molecule has 0 bridgehead atoms. The smallest absolute Gasteiger partial charge is 0.270 e. The first-order chi connectivity index (χ1) is 11.1. The molecule has 1 aromatic heterocycles. The normalized spacial score (nSPS) is 18.4. The van der Waals surface area contributed by atoms with Crippen LogP contribution in [0.15, 0.2) is 18.2 Å². The van der Waals surface area contributed by atoms with Crippen molar-refractivity contribution in [2.75, 3.05) is 31.1 Å². The molecule has 0 atom stereocenters. The van der Waals surface area contributed by atoms with Crippen molar-refractivity contribution in [3.05, 3.63) is 28.3 Å². The number of anilines is 1. The lowest BCUT2D eigenvalue weighted by Crippen LogP contribution is -2.49. The standard InChI is InChI=1S/C15H16N4O3S/c20-14(10-1-2-10)17-5-7-18(8-6-17)15-16-12-4-3-11(19(21)22)9-13(12)23-15/h3-4,9-10H,1-2,5-8H2. The Labute approximate surface area is 136 Å². The molecule has 2 aromatic rings. The fraction of sp³-hybridized carbons (Fsp3) is 0.467. The van der Waals surface area contributed by atoms with E-state index in [0.717, 1.165) is 54.4 Å². The molecule has 2 heterocycles. The summed E-state index contributed by atoms with van der Waals surface area (Å²) < 4.78 is 0.825. The van der Waals surface area contributed by atoms with Crippen LogP contribution in [-0.4, -0.2) is 46.9 Å². The third-order valence-corrected chi connectivity index (χ3v) is 5.44. The van der Waals surface area contributed by atoms with Gasteiger partial charge in [0.25, 0.3) is 5.69 Å². The number of carbonyl (C=O) groups excluding carboxylic acids is 1. The summed E-state index contributed by atoms with van der Waals surface area (Å²) in [7, 11) is 0. The van der Waals surface area contributed by atoms with E-state index in [9.17, 15) is 14.9 Å². The molecule has 7 nitrogen and oxygen atoms in total. The highest BCUT2D eigenvalue weighted by atomic mass is 32.1. The number of non-ortho nitro benzene ring substituents is 1. The molecular formula is C15H16N4O3S. The molecular weight excluding hydrogens is 316 g/mol. The van der Waals surface area contributed by atoms with Crippen molar-refractivity contribution in [1.29, 1.82) is 0 Å². The first kappa shape index (κ1) is 14.4. The fourth-order valence-corrected chi connectivity index (χ4v) is 3.91. The van der Waals surface area contributed by atoms with Crippen LogP contribution in [0.25, 0.3) is 10.2 Å². The summed E-state index contributed by atoms with van der Waals surface area (Å²) in [4.78, 5) is 31.2. The van der Waals surface area contributed by atoms with Crippen LogP contribution in [-0.2, 0) is 4.79 Å². The number of hydrogen-bond donors (Lipinski definition) is 0. The Morgan fingerprint density at radius 1 is 1.26 bits per heavy atom. The maximum atomic E-state index is 12.1. The Kier molecular flexibility index (Phi) is 3.41. The SMILES string of the molecule is O=C(C1CC1)N1CCN(c2nc3ccc([N+](=O)[O-])cc3s2)CC1. The number of amides is 1. The Morgan fingerprint density at radius 3 is 2.65 bits per heavy atom. The highest BCUT2D eigenvalue weighted by molar-refractivity contribution is 7.22. The number of nitro benzene ring substituents is 1. The molecule has 0 unspecified atom stereocenters. The minimum absolute atomic E-state index is 0.0903. The van der Waals surface area contributed by atoms with Gasteiger partial charge in [0.1, 0.15) is 0 Å². The van der Waals surface area contributed by atoms with Gasteiger partial charge in [0.2, 0.25) is 5.91 Å². The molecule has 1 aromatic carbocycles. The number of benzene rings is 1. The highest BCUT2D eigenvalue weighted by Crippen LogP contribution is 2.33. The van der Waals surface area contributed by atoms with Crippen LogP contribution in [0.5, 0.6) is 0 Å². The number of hydrogen-bond acceptors (Lipinski definition) is 6. The first-order valence-electron chi connectivity index (χ1n) is 7.70. The van der Waals surface area contributed by atoms with Crippen molar-refractivity contribution < 1.29 is 9.72 Å². The minimum Gasteiger partial charge on any atom is -0.345 e. The second kappa shape index (κ2) is 5.45. The van der Waals surface area contributed by atoms with Crippen LogP contribution in [0, 0.1) is 16.0 Å². The molecule has 1 saturated heterocycles. The van der Waals surface area contributed by atoms with E-state index in [1.165, 1.54) is 17.4 Å². The van der Waals surface area contributed by atoms with Gasteiger partial charge in [-0.25, -0.2) is 4.98 Å². The third-order valence-electron chi connectivity index (χ3n) is 4.36. The molecule has 0 spiro atoms. The maximum Gasteiger partial charge on any atom is 0.270 e. The molecule has 4 rings (SSSR count). The topological polar surface area (TPSA) is 79.6 Å². The van der Waals surface area contributed by atoms with Gasteiger partial charge < -0.3 is 9.80 Å². The minimum atomic E-state index is -0.388. The monoisotopic (exact) mass is 332 g/mol. The molecule has 1 amide bonds. The zero-order chi connectivity index (χ0) is 16.0. The number of carbonyl (C=O) groups is 1. The highest BCUT2D eigenvalue weighted by Gasteiger charge is 2.34. The number of piperazine rings is 1. The molecule has 2 aliphatic rings. The number of fused-ring (bicyclic) bond motifs is 1. The van der Waals surface area contributed by atoms with Gasteiger partial charge >= 0.3 is 0 Å². The van der Waals surface area contributed by atoms with E-state index >= 15 is 0 Å². The van der Waals surface area contributed by atoms with E-state index in [1.807, 2.05) is 4.90 Å². The van der Waals surface area contributed by atoms with Crippen LogP contribution in [0.4, 0.5) is 10.8 Å². The lowest BCUT2D eigenvalue weighted by molar-refractivity contribution is -0.384. The molecule has 8 heteroatoms. The van der Waals surface area contributed by atoms with Gasteiger partial charge in [-0.3, -0.25) is 14.9 Å². The quantitative estimate of drug-likeness (QED) is 0.636. The summed E-state index contributed by atoms with van der Waals surface area (Å²) >= 11 is 1.47. The number of aromatic nitrogens is 1. The van der Waals surface area contributed by atoms with E-state index in [2.05, 4.69) is 9.88 Å². The lowest BCUT2D eigenvalue weighted by Gasteiger charge is -2.34.